The van der Waals surface area contributed by atoms with Crippen molar-refractivity contribution in [1.82, 2.24) is 9.97 Å². The van der Waals surface area contributed by atoms with Gasteiger partial charge in [0.25, 0.3) is 0 Å². The topological polar surface area (TPSA) is 29.0 Å². The van der Waals surface area contributed by atoms with Crippen molar-refractivity contribution in [2.45, 2.75) is 47.0 Å². The van der Waals surface area contributed by atoms with E-state index in [4.69, 9.17) is 9.97 Å². The Hall–Kier alpha value is -6.58. The highest BCUT2D eigenvalue weighted by atomic mass is 15.2. The average Bonchev–Trinajstić information content (AvgIpc) is 3.20. The third-order valence-electron chi connectivity index (χ3n) is 11.5. The van der Waals surface area contributed by atoms with E-state index in [1.165, 1.54) is 55.6 Å². The van der Waals surface area contributed by atoms with E-state index >= 15 is 0 Å². The van der Waals surface area contributed by atoms with Crippen LogP contribution in [0.15, 0.2) is 164 Å². The number of anilines is 3. The summed E-state index contributed by atoms with van der Waals surface area (Å²) < 4.78 is 0. The molecule has 0 radical (unpaired) electrons. The molecule has 0 aliphatic carbocycles. The molecule has 56 heavy (non-hydrogen) atoms. The summed E-state index contributed by atoms with van der Waals surface area (Å²) in [5.74, 6) is 0. The van der Waals surface area contributed by atoms with Crippen molar-refractivity contribution in [2.75, 3.05) is 4.90 Å². The molecule has 0 unspecified atom stereocenters. The van der Waals surface area contributed by atoms with Crippen molar-refractivity contribution in [3.63, 3.8) is 0 Å². The lowest BCUT2D eigenvalue weighted by atomic mass is 9.65. The van der Waals surface area contributed by atoms with Gasteiger partial charge in [0.1, 0.15) is 5.41 Å². The number of pyridine rings is 2. The molecule has 0 fully saturated rings. The van der Waals surface area contributed by atoms with E-state index in [9.17, 15) is 0 Å². The summed E-state index contributed by atoms with van der Waals surface area (Å²) in [5, 5.41) is 0. The Balaban J connectivity index is 1.44. The molecular formula is C53H45N3. The minimum absolute atomic E-state index is 0.853. The summed E-state index contributed by atoms with van der Waals surface area (Å²) in [4.78, 5) is 13.3. The highest BCUT2D eigenvalue weighted by molar-refractivity contribution is 5.93. The van der Waals surface area contributed by atoms with Gasteiger partial charge in [0.15, 0.2) is 0 Å². The Morgan fingerprint density at radius 3 is 1.45 bits per heavy atom. The first-order chi connectivity index (χ1) is 27.2. The number of aromatic nitrogens is 2. The molecule has 6 aromatic carbocycles. The molecule has 0 atom stereocenters. The zero-order valence-corrected chi connectivity index (χ0v) is 32.9. The van der Waals surface area contributed by atoms with Crippen molar-refractivity contribution in [3.05, 3.63) is 220 Å². The molecule has 1 aliphatic rings. The van der Waals surface area contributed by atoms with Crippen LogP contribution in [0.2, 0.25) is 0 Å². The molecule has 0 amide bonds. The van der Waals surface area contributed by atoms with Gasteiger partial charge in [0.2, 0.25) is 0 Å². The lowest BCUT2D eigenvalue weighted by molar-refractivity contribution is 0.679. The Morgan fingerprint density at radius 2 is 0.929 bits per heavy atom. The van der Waals surface area contributed by atoms with E-state index in [0.29, 0.717) is 0 Å². The number of rotatable bonds is 6. The molecule has 3 nitrogen and oxygen atoms in total. The average molecular weight is 724 g/mol. The Kier molecular flexibility index (Phi) is 8.74. The van der Waals surface area contributed by atoms with E-state index in [0.717, 1.165) is 50.8 Å². The molecule has 3 heterocycles. The highest BCUT2D eigenvalue weighted by Crippen LogP contribution is 2.58. The number of nitrogens with zero attached hydrogens (tertiary/aromatic N) is 3. The van der Waals surface area contributed by atoms with Crippen molar-refractivity contribution < 1.29 is 0 Å². The number of para-hydroxylation sites is 1. The number of aryl methyl sites for hydroxylation is 6. The summed E-state index contributed by atoms with van der Waals surface area (Å²) in [6.45, 7) is 13.3. The van der Waals surface area contributed by atoms with Gasteiger partial charge < -0.3 is 4.90 Å². The molecule has 272 valence electrons. The third kappa shape index (κ3) is 5.74. The maximum atomic E-state index is 5.59. The monoisotopic (exact) mass is 723 g/mol. The Labute approximate surface area is 331 Å². The molecule has 9 rings (SSSR count). The van der Waals surface area contributed by atoms with Crippen LogP contribution >= 0.6 is 0 Å². The molecule has 0 spiro atoms. The van der Waals surface area contributed by atoms with Crippen LogP contribution in [0.3, 0.4) is 0 Å². The fraction of sp³-hybridized carbons (Fsp3) is 0.132. The van der Waals surface area contributed by atoms with Gasteiger partial charge in [0, 0.05) is 17.4 Å². The first kappa shape index (κ1) is 35.1. The maximum absolute atomic E-state index is 5.59. The van der Waals surface area contributed by atoms with Crippen LogP contribution in [0.25, 0.3) is 33.5 Å². The zero-order valence-electron chi connectivity index (χ0n) is 32.9. The smallest absolute Gasteiger partial charge is 0.108 e. The predicted molar refractivity (Wildman–Crippen MR) is 233 cm³/mol. The maximum Gasteiger partial charge on any atom is 0.108 e. The van der Waals surface area contributed by atoms with Gasteiger partial charge in [-0.25, -0.2) is 0 Å². The molecular weight excluding hydrogens is 679 g/mol. The minimum Gasteiger partial charge on any atom is -0.310 e. The van der Waals surface area contributed by atoms with E-state index in [2.05, 4.69) is 198 Å². The first-order valence-electron chi connectivity index (χ1n) is 19.5. The Morgan fingerprint density at radius 1 is 0.429 bits per heavy atom. The van der Waals surface area contributed by atoms with Crippen LogP contribution < -0.4 is 4.90 Å². The summed E-state index contributed by atoms with van der Waals surface area (Å²) in [7, 11) is 0. The van der Waals surface area contributed by atoms with Crippen LogP contribution in [0.1, 0.15) is 55.9 Å². The molecule has 0 bridgehead atoms. The largest absolute Gasteiger partial charge is 0.310 e. The minimum atomic E-state index is -0.853. The third-order valence-corrected chi connectivity index (χ3v) is 11.5. The molecule has 2 aromatic heterocycles. The van der Waals surface area contributed by atoms with Crippen LogP contribution in [0, 0.1) is 41.5 Å². The lowest BCUT2D eigenvalue weighted by Crippen LogP contribution is -2.39. The fourth-order valence-corrected chi connectivity index (χ4v) is 9.46. The highest BCUT2D eigenvalue weighted by Gasteiger charge is 2.49. The second-order valence-electron chi connectivity index (χ2n) is 15.4. The molecule has 3 heteroatoms. The Bertz CT molecular complexity index is 2600. The van der Waals surface area contributed by atoms with Gasteiger partial charge in [-0.2, -0.15) is 0 Å². The van der Waals surface area contributed by atoms with Gasteiger partial charge in [-0.05, 0) is 146 Å². The standard InChI is InChI=1S/C53H45N3/c1-34-28-36(3)51(37(4)29-34)41-23-25-44-47(32-41)56(43-18-11-8-12-19-43)48-33-42(52-38(5)30-35(2)31-39(52)6)24-26-45(48)53(44,49-21-13-14-27-54-49)50-22-15-20-46(55-50)40-16-9-7-10-17-40/h7-33H,1-6H3. The molecule has 0 saturated carbocycles. The normalized spacial score (nSPS) is 12.9. The van der Waals surface area contributed by atoms with Crippen molar-refractivity contribution >= 4 is 17.1 Å². The molecule has 1 aliphatic heterocycles. The van der Waals surface area contributed by atoms with E-state index < -0.39 is 5.41 Å². The molecule has 8 aromatic rings. The number of fused-ring (bicyclic) bond motifs is 2. The van der Waals surface area contributed by atoms with Gasteiger partial charge in [0.05, 0.1) is 28.5 Å². The molecule has 0 saturated heterocycles. The predicted octanol–water partition coefficient (Wildman–Crippen LogP) is 13.5. The summed E-state index contributed by atoms with van der Waals surface area (Å²) in [5.41, 5.74) is 21.1. The van der Waals surface area contributed by atoms with Gasteiger partial charge >= 0.3 is 0 Å². The van der Waals surface area contributed by atoms with Gasteiger partial charge in [-0.3, -0.25) is 9.97 Å². The van der Waals surface area contributed by atoms with Crippen LogP contribution in [0.4, 0.5) is 17.1 Å². The van der Waals surface area contributed by atoms with Crippen molar-refractivity contribution in [1.29, 1.82) is 0 Å². The molecule has 0 N–H and O–H groups in total. The van der Waals surface area contributed by atoms with E-state index in [1.807, 2.05) is 12.3 Å². The zero-order chi connectivity index (χ0) is 38.6. The second-order valence-corrected chi connectivity index (χ2v) is 15.4. The van der Waals surface area contributed by atoms with Crippen LogP contribution in [-0.4, -0.2) is 9.97 Å². The quantitative estimate of drug-likeness (QED) is 0.171. The van der Waals surface area contributed by atoms with Gasteiger partial charge in [-0.1, -0.05) is 120 Å². The van der Waals surface area contributed by atoms with Gasteiger partial charge in [-0.15, -0.1) is 0 Å². The summed E-state index contributed by atoms with van der Waals surface area (Å²) in [6.07, 6.45) is 1.92. The van der Waals surface area contributed by atoms with Crippen molar-refractivity contribution in [3.8, 4) is 33.5 Å². The first-order valence-corrected chi connectivity index (χ1v) is 19.5. The summed E-state index contributed by atoms with van der Waals surface area (Å²) >= 11 is 0. The number of hydrogen-bond donors (Lipinski definition) is 0. The number of benzene rings is 6. The number of hydrogen-bond acceptors (Lipinski definition) is 3. The van der Waals surface area contributed by atoms with Crippen LogP contribution in [0.5, 0.6) is 0 Å². The summed E-state index contributed by atoms with van der Waals surface area (Å²) in [6, 6.07) is 57.3. The SMILES string of the molecule is Cc1cc(C)c(-c2ccc3c(c2)N(c2ccccc2)c2cc(-c4c(C)cc(C)cc4C)ccc2C3(c2ccccn2)c2cccc(-c3ccccc3)n2)c(C)c1. The van der Waals surface area contributed by atoms with Crippen molar-refractivity contribution in [2.24, 2.45) is 0 Å². The van der Waals surface area contributed by atoms with E-state index in [1.54, 1.807) is 0 Å². The van der Waals surface area contributed by atoms with Crippen LogP contribution in [-0.2, 0) is 5.41 Å². The fourth-order valence-electron chi connectivity index (χ4n) is 9.46. The second kappa shape index (κ2) is 13.9. The lowest BCUT2D eigenvalue weighted by Gasteiger charge is -2.45. The van der Waals surface area contributed by atoms with E-state index in [-0.39, 0.29) is 0 Å².